The molecule has 0 radical (unpaired) electrons. The number of carboxylic acid groups (broad SMARTS) is 1. The van der Waals surface area contributed by atoms with Gasteiger partial charge in [0.25, 0.3) is 0 Å². The van der Waals surface area contributed by atoms with Gasteiger partial charge in [-0.05, 0) is 42.2 Å². The van der Waals surface area contributed by atoms with Gasteiger partial charge in [0.1, 0.15) is 42.0 Å². The summed E-state index contributed by atoms with van der Waals surface area (Å²) >= 11 is 0. The fourth-order valence-corrected chi connectivity index (χ4v) is 9.47. The van der Waals surface area contributed by atoms with Crippen molar-refractivity contribution in [2.45, 2.75) is 87.7 Å². The lowest BCUT2D eigenvalue weighted by atomic mass is 9.98. The molecule has 3 aromatic carbocycles. The van der Waals surface area contributed by atoms with E-state index in [-0.39, 0.29) is 114 Å². The SMILES string of the molecule is NS(=O)(=O)OC[C@H]1C[C@@H](Cc2cc[n+](Cc3ccc(O[C@@H]4O[C@H](C(=O)O)[C@@H](O)[C@H](O)[C@H]4O)c(NC(=O)CCNC(=O)CCOCCOCCOCCC(=O)Oc4c(F)c(F)c(F)c(F)c4F)c3)c3cc(-c4cccc(C(F)(F)F)c4)nn23)[C@H](O)[C@@H]1O.[CH3-]. The van der Waals surface area contributed by atoms with Crippen molar-refractivity contribution in [3.05, 3.63) is 114 Å². The van der Waals surface area contributed by atoms with Crippen molar-refractivity contribution in [3.63, 3.8) is 0 Å². The molecule has 478 valence electrons. The molecule has 0 spiro atoms. The summed E-state index contributed by atoms with van der Waals surface area (Å²) in [6.07, 6.45) is -17.1. The van der Waals surface area contributed by atoms with Crippen LogP contribution >= 0.6 is 0 Å². The van der Waals surface area contributed by atoms with Crippen molar-refractivity contribution in [2.75, 3.05) is 58.1 Å². The summed E-state index contributed by atoms with van der Waals surface area (Å²) in [6.45, 7) is -1.37. The van der Waals surface area contributed by atoms with Crippen LogP contribution in [0.1, 0.15) is 42.5 Å². The second-order valence-electron chi connectivity index (χ2n) is 19.6. The lowest BCUT2D eigenvalue weighted by Crippen LogP contribution is -2.61. The van der Waals surface area contributed by atoms with Crippen LogP contribution in [0.4, 0.5) is 40.8 Å². The van der Waals surface area contributed by atoms with Crippen molar-refractivity contribution in [3.8, 4) is 22.8 Å². The molecule has 7 rings (SSSR count). The van der Waals surface area contributed by atoms with E-state index in [1.165, 1.54) is 40.9 Å². The lowest BCUT2D eigenvalue weighted by Gasteiger charge is -2.38. The highest BCUT2D eigenvalue weighted by Crippen LogP contribution is 2.37. The highest BCUT2D eigenvalue weighted by atomic mass is 32.2. The number of fused-ring (bicyclic) bond motifs is 1. The molecule has 5 aromatic rings. The maximum absolute atomic E-state index is 13.9. The number of nitrogens with two attached hydrogens (primary N) is 1. The van der Waals surface area contributed by atoms with Gasteiger partial charge in [0.2, 0.25) is 52.9 Å². The molecule has 0 unspecified atom stereocenters. The van der Waals surface area contributed by atoms with Crippen LogP contribution in [0.5, 0.6) is 11.5 Å². The summed E-state index contributed by atoms with van der Waals surface area (Å²) in [6, 6.07) is 11.6. The molecular weight excluding hydrogens is 1210 g/mol. The Morgan fingerprint density at radius 1 is 0.759 bits per heavy atom. The lowest BCUT2D eigenvalue weighted by molar-refractivity contribution is -0.665. The molecule has 2 amide bonds. The Kier molecular flexibility index (Phi) is 24.0. The summed E-state index contributed by atoms with van der Waals surface area (Å²) in [5.41, 5.74) is 0.137. The molecule has 34 heteroatoms. The van der Waals surface area contributed by atoms with Gasteiger partial charge in [-0.1, -0.05) is 23.3 Å². The van der Waals surface area contributed by atoms with E-state index < -0.39 is 148 Å². The minimum absolute atomic E-state index is 0. The van der Waals surface area contributed by atoms with E-state index in [4.69, 9.17) is 28.8 Å². The maximum Gasteiger partial charge on any atom is 0.416 e. The van der Waals surface area contributed by atoms with E-state index in [1.807, 2.05) is 0 Å². The van der Waals surface area contributed by atoms with Crippen molar-refractivity contribution in [1.29, 1.82) is 0 Å². The number of esters is 1. The van der Waals surface area contributed by atoms with Gasteiger partial charge in [-0.25, -0.2) is 27.7 Å². The first kappa shape index (κ1) is 69.0. The number of aliphatic hydroxyl groups is 5. The monoisotopic (exact) mass is 1270 g/mol. The van der Waals surface area contributed by atoms with Crippen LogP contribution in [0.3, 0.4) is 0 Å². The molecule has 2 aliphatic rings. The minimum Gasteiger partial charge on any atom is -0.479 e. The predicted molar refractivity (Wildman–Crippen MR) is 279 cm³/mol. The second kappa shape index (κ2) is 30.2. The number of aliphatic hydroxyl groups excluding tert-OH is 5. The van der Waals surface area contributed by atoms with Crippen LogP contribution in [-0.4, -0.2) is 168 Å². The molecule has 10 N–H and O–H groups in total. The Bertz CT molecular complexity index is 3340. The summed E-state index contributed by atoms with van der Waals surface area (Å²) in [5.74, 6) is -19.5. The Morgan fingerprint density at radius 2 is 1.39 bits per heavy atom. The molecule has 3 heterocycles. The van der Waals surface area contributed by atoms with Crippen LogP contribution in [0.2, 0.25) is 0 Å². The van der Waals surface area contributed by atoms with E-state index in [2.05, 4.69) is 24.7 Å². The first-order valence-electron chi connectivity index (χ1n) is 26.0. The van der Waals surface area contributed by atoms with Crippen molar-refractivity contribution < 1.29 is 131 Å². The van der Waals surface area contributed by atoms with E-state index in [9.17, 15) is 93.4 Å². The highest BCUT2D eigenvalue weighted by molar-refractivity contribution is 7.84. The van der Waals surface area contributed by atoms with Crippen LogP contribution in [0, 0.1) is 48.3 Å². The standard InChI is InChI=1S/C52H56F8N6O19S.CH3/c53-38-39(54)41(56)48(42(57)40(38)55)84-37(69)9-13-80-15-17-81-16-14-79-12-8-34(67)62-10-6-35(68)63-32-18-25(4-5-33(32)83-51-47(74)45(72)46(73)49(85-51)50(75)76)23-65-11-7-30(21-27-19-28(44(71)43(27)70)24-82-86(61,77)78)66-36(65)22-31(64-66)26-2-1-3-29(20-26)52(58,59)60;/h1-5,7,11,18,20,22,27-28,43-47,49,51,70-74H,6,8-10,12-17,19,21,23-24H2,(H4-,61,62,63,67,68,75,76,77,78);1H3/q;-1/p+1/t27-,28+,43-,44+,45-,46-,47+,49-,51+;/m0./s1. The quantitative estimate of drug-likeness (QED) is 0.00504. The number of ether oxygens (including phenoxy) is 6. The molecule has 1 saturated carbocycles. The summed E-state index contributed by atoms with van der Waals surface area (Å²) in [5, 5.41) is 77.7. The fourth-order valence-electron chi connectivity index (χ4n) is 9.11. The Balaban J connectivity index is 0.0000121. The molecule has 25 nitrogen and oxygen atoms in total. The van der Waals surface area contributed by atoms with Crippen molar-refractivity contribution >= 4 is 45.4 Å². The number of aliphatic carboxylic acids is 1. The molecule has 2 aromatic heterocycles. The van der Waals surface area contributed by atoms with Gasteiger partial charge < -0.3 is 77.1 Å². The summed E-state index contributed by atoms with van der Waals surface area (Å²) in [4.78, 5) is 49.8. The van der Waals surface area contributed by atoms with Gasteiger partial charge in [-0.3, -0.25) is 18.6 Å². The third-order valence-corrected chi connectivity index (χ3v) is 13.9. The van der Waals surface area contributed by atoms with Crippen LogP contribution in [0.15, 0.2) is 60.8 Å². The average molecular weight is 1270 g/mol. The molecule has 1 aliphatic heterocycles. The zero-order valence-electron chi connectivity index (χ0n) is 45.7. The second-order valence-corrected chi connectivity index (χ2v) is 20.8. The van der Waals surface area contributed by atoms with Gasteiger partial charge >= 0.3 is 34.1 Å². The normalized spacial score (nSPS) is 21.3. The van der Waals surface area contributed by atoms with Gasteiger partial charge in [0.15, 0.2) is 6.10 Å². The van der Waals surface area contributed by atoms with Gasteiger partial charge in [0.05, 0.1) is 88.4 Å². The summed E-state index contributed by atoms with van der Waals surface area (Å²) < 4.78 is 171. The van der Waals surface area contributed by atoms with E-state index in [0.29, 0.717) is 11.3 Å². The number of benzene rings is 3. The number of nitrogens with zero attached hydrogens (tertiary/aromatic N) is 3. The minimum atomic E-state index is -4.71. The number of carbonyl (C=O) groups is 4. The number of hydrogen-bond acceptors (Lipinski definition) is 19. The first-order chi connectivity index (χ1) is 40.6. The van der Waals surface area contributed by atoms with Gasteiger partial charge in [-0.2, -0.15) is 30.4 Å². The first-order valence-corrected chi connectivity index (χ1v) is 27.4. The molecule has 0 bridgehead atoms. The van der Waals surface area contributed by atoms with E-state index >= 15 is 0 Å². The van der Waals surface area contributed by atoms with Gasteiger partial charge in [0, 0.05) is 43.4 Å². The smallest absolute Gasteiger partial charge is 0.416 e. The van der Waals surface area contributed by atoms with Crippen molar-refractivity contribution in [1.82, 2.24) is 14.9 Å². The number of hydrogen-bond donors (Lipinski definition) is 9. The van der Waals surface area contributed by atoms with Crippen molar-refractivity contribution in [2.24, 2.45) is 17.0 Å². The zero-order valence-corrected chi connectivity index (χ0v) is 46.5. The number of nitrogens with one attached hydrogen (secondary N) is 2. The number of aromatic nitrogens is 3. The van der Waals surface area contributed by atoms with Crippen LogP contribution < -0.4 is 29.8 Å². The van der Waals surface area contributed by atoms with E-state index in [1.54, 1.807) is 16.8 Å². The third kappa shape index (κ3) is 18.0. The Hall–Kier alpha value is -7.09. The number of anilines is 1. The van der Waals surface area contributed by atoms with Crippen LogP contribution in [-0.2, 0) is 71.8 Å². The highest BCUT2D eigenvalue weighted by Gasteiger charge is 2.48. The largest absolute Gasteiger partial charge is 0.479 e. The number of alkyl halides is 3. The topological polar surface area (TPSA) is 360 Å². The molecule has 9 atom stereocenters. The van der Waals surface area contributed by atoms with Gasteiger partial charge in [-0.15, -0.1) is 4.52 Å². The maximum atomic E-state index is 13.9. The molecule has 87 heavy (non-hydrogen) atoms. The Morgan fingerprint density at radius 3 is 2.03 bits per heavy atom. The number of carboxylic acids is 1. The zero-order chi connectivity index (χ0) is 62.8. The number of carbonyl (C=O) groups excluding carboxylic acids is 3. The third-order valence-electron chi connectivity index (χ3n) is 13.5. The number of amides is 2. The Labute approximate surface area is 489 Å². The average Bonchev–Trinajstić information content (AvgIpc) is 1.93. The molecular formula is C53H60F8N6O19S. The molecule has 2 fully saturated rings. The number of halogens is 8. The summed E-state index contributed by atoms with van der Waals surface area (Å²) in [7, 11) is -4.39. The predicted octanol–water partition coefficient (Wildman–Crippen LogP) is 1.77. The fraction of sp³-hybridized carbons (Fsp3) is 0.453. The molecule has 1 aliphatic carbocycles. The van der Waals surface area contributed by atoms with E-state index in [0.717, 1.165) is 12.1 Å². The number of rotatable bonds is 28. The van der Waals surface area contributed by atoms with Crippen LogP contribution in [0.25, 0.3) is 16.9 Å². The molecule has 1 saturated heterocycles.